The van der Waals surface area contributed by atoms with Gasteiger partial charge < -0.3 is 15.2 Å². The van der Waals surface area contributed by atoms with Gasteiger partial charge in [0.25, 0.3) is 0 Å². The second-order valence-corrected chi connectivity index (χ2v) is 4.16. The molecular formula is C12H25NO3. The summed E-state index contributed by atoms with van der Waals surface area (Å²) in [6.07, 6.45) is 3.97. The third-order valence-electron chi connectivity index (χ3n) is 2.89. The molecule has 1 amide bonds. The van der Waals surface area contributed by atoms with Crippen molar-refractivity contribution in [3.8, 4) is 0 Å². The van der Waals surface area contributed by atoms with Crippen molar-refractivity contribution in [1.29, 1.82) is 0 Å². The Kier molecular flexibility index (Phi) is 7.99. The van der Waals surface area contributed by atoms with Gasteiger partial charge in [-0.25, -0.2) is 4.79 Å². The first-order valence-electron chi connectivity index (χ1n) is 6.19. The Labute approximate surface area is 98.4 Å². The first-order chi connectivity index (χ1) is 7.60. The molecule has 1 atom stereocenters. The fourth-order valence-electron chi connectivity index (χ4n) is 1.78. The Morgan fingerprint density at radius 2 is 2.00 bits per heavy atom. The Morgan fingerprint density at radius 3 is 2.44 bits per heavy atom. The molecule has 16 heavy (non-hydrogen) atoms. The minimum absolute atomic E-state index is 0.406. The Balaban J connectivity index is 4.33. The topological polar surface area (TPSA) is 58.6 Å². The zero-order valence-corrected chi connectivity index (χ0v) is 10.7. The van der Waals surface area contributed by atoms with Gasteiger partial charge in [-0.3, -0.25) is 0 Å². The number of ether oxygens (including phenoxy) is 1. The minimum atomic E-state index is -0.960. The van der Waals surface area contributed by atoms with E-state index in [2.05, 4.69) is 12.2 Å². The fourth-order valence-corrected chi connectivity index (χ4v) is 1.78. The Hall–Kier alpha value is -0.770. The number of carboxylic acid groups (broad SMARTS) is 1. The van der Waals surface area contributed by atoms with Crippen molar-refractivity contribution in [2.75, 3.05) is 13.2 Å². The molecule has 4 heteroatoms. The van der Waals surface area contributed by atoms with E-state index >= 15 is 0 Å². The van der Waals surface area contributed by atoms with Gasteiger partial charge in [0.1, 0.15) is 0 Å². The van der Waals surface area contributed by atoms with Gasteiger partial charge in [-0.05, 0) is 19.8 Å². The van der Waals surface area contributed by atoms with Crippen molar-refractivity contribution in [1.82, 2.24) is 5.32 Å². The lowest BCUT2D eigenvalue weighted by molar-refractivity contribution is 0.0662. The molecule has 0 aromatic carbocycles. The van der Waals surface area contributed by atoms with Crippen molar-refractivity contribution < 1.29 is 14.6 Å². The van der Waals surface area contributed by atoms with Gasteiger partial charge in [-0.15, -0.1) is 0 Å². The molecule has 0 aliphatic carbocycles. The van der Waals surface area contributed by atoms with Crippen molar-refractivity contribution in [3.05, 3.63) is 0 Å². The van der Waals surface area contributed by atoms with Gasteiger partial charge >= 0.3 is 6.09 Å². The van der Waals surface area contributed by atoms with E-state index in [0.717, 1.165) is 32.1 Å². The van der Waals surface area contributed by atoms with Crippen LogP contribution in [0.2, 0.25) is 0 Å². The highest BCUT2D eigenvalue weighted by atomic mass is 16.5. The maximum Gasteiger partial charge on any atom is 0.405 e. The number of carbonyl (C=O) groups is 1. The van der Waals surface area contributed by atoms with Gasteiger partial charge in [-0.2, -0.15) is 0 Å². The van der Waals surface area contributed by atoms with Gasteiger partial charge in [0, 0.05) is 6.61 Å². The molecule has 0 aromatic heterocycles. The second-order valence-electron chi connectivity index (χ2n) is 4.16. The molecular weight excluding hydrogens is 206 g/mol. The van der Waals surface area contributed by atoms with Crippen LogP contribution in [0, 0.1) is 0 Å². The smallest absolute Gasteiger partial charge is 0.405 e. The van der Waals surface area contributed by atoms with Crippen LogP contribution >= 0.6 is 0 Å². The number of unbranched alkanes of at least 4 members (excludes halogenated alkanes) is 2. The Morgan fingerprint density at radius 1 is 1.31 bits per heavy atom. The average Bonchev–Trinajstić information content (AvgIpc) is 2.25. The predicted molar refractivity (Wildman–Crippen MR) is 64.8 cm³/mol. The van der Waals surface area contributed by atoms with E-state index in [1.54, 1.807) is 0 Å². The van der Waals surface area contributed by atoms with Gasteiger partial charge in [0.05, 0.1) is 12.1 Å². The SMILES string of the molecule is CCCCC[C@@](CC)(COCC)NC(=O)O. The van der Waals surface area contributed by atoms with E-state index in [9.17, 15) is 4.79 Å². The Bertz CT molecular complexity index is 197. The van der Waals surface area contributed by atoms with Crippen molar-refractivity contribution >= 4 is 6.09 Å². The minimum Gasteiger partial charge on any atom is -0.465 e. The molecule has 0 aromatic rings. The molecule has 0 radical (unpaired) electrons. The van der Waals surface area contributed by atoms with E-state index in [4.69, 9.17) is 9.84 Å². The maximum absolute atomic E-state index is 10.8. The number of rotatable bonds is 9. The summed E-state index contributed by atoms with van der Waals surface area (Å²) >= 11 is 0. The molecule has 0 spiro atoms. The third kappa shape index (κ3) is 5.95. The first kappa shape index (κ1) is 15.2. The normalized spacial score (nSPS) is 14.4. The van der Waals surface area contributed by atoms with E-state index in [-0.39, 0.29) is 0 Å². The summed E-state index contributed by atoms with van der Waals surface area (Å²) in [5, 5.41) is 11.5. The molecule has 0 aliphatic heterocycles. The van der Waals surface area contributed by atoms with Crippen LogP contribution in [-0.4, -0.2) is 30.0 Å². The molecule has 0 heterocycles. The fraction of sp³-hybridized carbons (Fsp3) is 0.917. The molecule has 0 saturated heterocycles. The molecule has 0 aliphatic rings. The van der Waals surface area contributed by atoms with Crippen LogP contribution in [0.3, 0.4) is 0 Å². The summed E-state index contributed by atoms with van der Waals surface area (Å²) in [6, 6.07) is 0. The van der Waals surface area contributed by atoms with Crippen LogP contribution in [0.5, 0.6) is 0 Å². The van der Waals surface area contributed by atoms with E-state index in [1.165, 1.54) is 0 Å². The zero-order valence-electron chi connectivity index (χ0n) is 10.7. The van der Waals surface area contributed by atoms with Gasteiger partial charge in [-0.1, -0.05) is 33.1 Å². The van der Waals surface area contributed by atoms with Gasteiger partial charge in [0.2, 0.25) is 0 Å². The highest BCUT2D eigenvalue weighted by Crippen LogP contribution is 2.20. The first-order valence-corrected chi connectivity index (χ1v) is 6.19. The molecule has 4 nitrogen and oxygen atoms in total. The molecule has 0 rings (SSSR count). The van der Waals surface area contributed by atoms with Crippen molar-refractivity contribution in [2.24, 2.45) is 0 Å². The molecule has 0 bridgehead atoms. The lowest BCUT2D eigenvalue weighted by Crippen LogP contribution is -2.51. The van der Waals surface area contributed by atoms with Crippen LogP contribution in [-0.2, 0) is 4.74 Å². The summed E-state index contributed by atoms with van der Waals surface area (Å²) < 4.78 is 5.40. The summed E-state index contributed by atoms with van der Waals surface area (Å²) in [7, 11) is 0. The van der Waals surface area contributed by atoms with Crippen LogP contribution in [0.25, 0.3) is 0 Å². The highest BCUT2D eigenvalue weighted by Gasteiger charge is 2.29. The predicted octanol–water partition coefficient (Wildman–Crippen LogP) is 3.02. The second kappa shape index (κ2) is 8.39. The average molecular weight is 231 g/mol. The maximum atomic E-state index is 10.8. The standard InChI is InChI=1S/C12H25NO3/c1-4-7-8-9-12(5-2,10-16-6-3)13-11(14)15/h13H,4-10H2,1-3H3,(H,14,15)/t12-/m0/s1. The van der Waals surface area contributed by atoms with Crippen LogP contribution in [0.1, 0.15) is 52.9 Å². The summed E-state index contributed by atoms with van der Waals surface area (Å²) in [5.74, 6) is 0. The van der Waals surface area contributed by atoms with Crippen LogP contribution in [0.15, 0.2) is 0 Å². The molecule has 96 valence electrons. The van der Waals surface area contributed by atoms with E-state index in [1.807, 2.05) is 13.8 Å². The lowest BCUT2D eigenvalue weighted by Gasteiger charge is -2.32. The largest absolute Gasteiger partial charge is 0.465 e. The zero-order chi connectivity index (χ0) is 12.4. The number of hydrogen-bond acceptors (Lipinski definition) is 2. The third-order valence-corrected chi connectivity index (χ3v) is 2.89. The number of amides is 1. The molecule has 2 N–H and O–H groups in total. The summed E-state index contributed by atoms with van der Waals surface area (Å²) in [4.78, 5) is 10.8. The van der Waals surface area contributed by atoms with Gasteiger partial charge in [0.15, 0.2) is 0 Å². The summed E-state index contributed by atoms with van der Waals surface area (Å²) in [5.41, 5.74) is -0.406. The van der Waals surface area contributed by atoms with Crippen molar-refractivity contribution in [3.63, 3.8) is 0 Å². The number of hydrogen-bond donors (Lipinski definition) is 2. The molecule has 0 saturated carbocycles. The molecule has 0 unspecified atom stereocenters. The molecule has 0 fully saturated rings. The van der Waals surface area contributed by atoms with E-state index < -0.39 is 11.6 Å². The van der Waals surface area contributed by atoms with Crippen LogP contribution < -0.4 is 5.32 Å². The monoisotopic (exact) mass is 231 g/mol. The van der Waals surface area contributed by atoms with E-state index in [0.29, 0.717) is 13.2 Å². The lowest BCUT2D eigenvalue weighted by atomic mass is 9.90. The van der Waals surface area contributed by atoms with Crippen LogP contribution in [0.4, 0.5) is 4.79 Å². The van der Waals surface area contributed by atoms with Crippen molar-refractivity contribution in [2.45, 2.75) is 58.4 Å². The quantitative estimate of drug-likeness (QED) is 0.600. The summed E-state index contributed by atoms with van der Waals surface area (Å²) in [6.45, 7) is 7.15. The number of nitrogens with one attached hydrogen (secondary N) is 1. The highest BCUT2D eigenvalue weighted by molar-refractivity contribution is 5.65.